The molecule has 0 fully saturated rings. The number of nitrogens with one attached hydrogen (secondary N) is 1. The Morgan fingerprint density at radius 1 is 0.737 bits per heavy atom. The average molecular weight is 528 g/mol. The van der Waals surface area contributed by atoms with E-state index in [2.05, 4.69) is 5.32 Å². The molecule has 0 aliphatic carbocycles. The first-order valence-electron chi connectivity index (χ1n) is 12.9. The first-order valence-corrected chi connectivity index (χ1v) is 12.9. The molecule has 38 heavy (non-hydrogen) atoms. The third-order valence-corrected chi connectivity index (χ3v) is 5.45. The Bertz CT molecular complexity index is 1050. The van der Waals surface area contributed by atoms with Gasteiger partial charge in [0, 0.05) is 25.6 Å². The van der Waals surface area contributed by atoms with Crippen LogP contribution in [0.2, 0.25) is 0 Å². The Hall–Kier alpha value is -3.72. The van der Waals surface area contributed by atoms with E-state index in [9.17, 15) is 19.2 Å². The largest absolute Gasteiger partial charge is 0.465 e. The summed E-state index contributed by atoms with van der Waals surface area (Å²) >= 11 is 0. The number of amides is 1. The highest BCUT2D eigenvalue weighted by Crippen LogP contribution is 2.17. The minimum absolute atomic E-state index is 0.0152. The Morgan fingerprint density at radius 2 is 1.39 bits per heavy atom. The van der Waals surface area contributed by atoms with Crippen molar-refractivity contribution in [2.75, 3.05) is 32.2 Å². The Labute approximate surface area is 223 Å². The molecule has 2 aromatic carbocycles. The highest BCUT2D eigenvalue weighted by Gasteiger charge is 2.12. The molecule has 0 aliphatic rings. The molecular weight excluding hydrogens is 490 g/mol. The van der Waals surface area contributed by atoms with Gasteiger partial charge in [-0.1, -0.05) is 49.7 Å². The van der Waals surface area contributed by atoms with E-state index in [-0.39, 0.29) is 37.8 Å². The van der Waals surface area contributed by atoms with Gasteiger partial charge in [0.15, 0.2) is 0 Å². The van der Waals surface area contributed by atoms with Crippen LogP contribution in [0.5, 0.6) is 0 Å². The molecule has 0 saturated heterocycles. The van der Waals surface area contributed by atoms with E-state index >= 15 is 0 Å². The molecule has 2 aromatic rings. The summed E-state index contributed by atoms with van der Waals surface area (Å²) in [6, 6.07) is 15.0. The summed E-state index contributed by atoms with van der Waals surface area (Å²) in [6.45, 7) is 3.01. The van der Waals surface area contributed by atoms with Crippen molar-refractivity contribution >= 4 is 29.7 Å². The van der Waals surface area contributed by atoms with Gasteiger partial charge in [-0.3, -0.25) is 19.7 Å². The lowest BCUT2D eigenvalue weighted by atomic mass is 10.0. The SMILES string of the molecule is CCCCOC(=O)Cc1cccc(Cc2cccc(NC(=O)OC(=O)CCCCC(=O)OCCOC)c2)c1. The lowest BCUT2D eigenvalue weighted by molar-refractivity contribution is -0.145. The lowest BCUT2D eigenvalue weighted by Crippen LogP contribution is -2.18. The summed E-state index contributed by atoms with van der Waals surface area (Å²) in [5.41, 5.74) is 3.33. The molecule has 0 saturated carbocycles. The maximum absolute atomic E-state index is 12.1. The van der Waals surface area contributed by atoms with Crippen LogP contribution in [0, 0.1) is 0 Å². The zero-order chi connectivity index (χ0) is 27.6. The molecule has 0 aliphatic heterocycles. The Kier molecular flexibility index (Phi) is 14.2. The summed E-state index contributed by atoms with van der Waals surface area (Å²) < 4.78 is 19.8. The van der Waals surface area contributed by atoms with Gasteiger partial charge in [-0.25, -0.2) is 4.79 Å². The highest BCUT2D eigenvalue weighted by atomic mass is 16.6. The zero-order valence-corrected chi connectivity index (χ0v) is 22.2. The first kappa shape index (κ1) is 30.5. The summed E-state index contributed by atoms with van der Waals surface area (Å²) in [5.74, 6) is -1.27. The second-order valence-electron chi connectivity index (χ2n) is 8.75. The summed E-state index contributed by atoms with van der Waals surface area (Å²) in [5, 5.41) is 2.57. The molecular formula is C29H37NO8. The molecule has 1 amide bonds. The molecule has 0 spiro atoms. The van der Waals surface area contributed by atoms with Crippen LogP contribution in [0.25, 0.3) is 0 Å². The van der Waals surface area contributed by atoms with E-state index in [1.54, 1.807) is 18.2 Å². The number of hydrogen-bond donors (Lipinski definition) is 1. The maximum Gasteiger partial charge on any atom is 0.419 e. The summed E-state index contributed by atoms with van der Waals surface area (Å²) in [6.07, 6.45) is 2.82. The number of hydrogen-bond acceptors (Lipinski definition) is 8. The molecule has 0 radical (unpaired) electrons. The molecule has 1 N–H and O–H groups in total. The predicted molar refractivity (Wildman–Crippen MR) is 142 cm³/mol. The topological polar surface area (TPSA) is 117 Å². The average Bonchev–Trinajstić information content (AvgIpc) is 2.87. The fourth-order valence-electron chi connectivity index (χ4n) is 3.54. The van der Waals surface area contributed by atoms with Gasteiger partial charge in [0.2, 0.25) is 0 Å². The van der Waals surface area contributed by atoms with Crippen LogP contribution in [0.1, 0.15) is 62.1 Å². The number of rotatable bonds is 16. The molecule has 0 unspecified atom stereocenters. The molecule has 0 atom stereocenters. The molecule has 0 bridgehead atoms. The molecule has 9 heteroatoms. The van der Waals surface area contributed by atoms with Crippen LogP contribution >= 0.6 is 0 Å². The van der Waals surface area contributed by atoms with Gasteiger partial charge in [-0.05, 0) is 54.5 Å². The van der Waals surface area contributed by atoms with Crippen molar-refractivity contribution in [2.24, 2.45) is 0 Å². The normalized spacial score (nSPS) is 10.5. The van der Waals surface area contributed by atoms with Gasteiger partial charge < -0.3 is 18.9 Å². The van der Waals surface area contributed by atoms with Gasteiger partial charge >= 0.3 is 24.0 Å². The van der Waals surface area contributed by atoms with Crippen molar-refractivity contribution in [3.63, 3.8) is 0 Å². The van der Waals surface area contributed by atoms with Gasteiger partial charge in [0.05, 0.1) is 19.6 Å². The minimum Gasteiger partial charge on any atom is -0.465 e. The van der Waals surface area contributed by atoms with Crippen LogP contribution in [0.15, 0.2) is 48.5 Å². The van der Waals surface area contributed by atoms with Crippen molar-refractivity contribution < 1.29 is 38.1 Å². The van der Waals surface area contributed by atoms with Crippen LogP contribution in [0.4, 0.5) is 10.5 Å². The van der Waals surface area contributed by atoms with Crippen molar-refractivity contribution in [1.82, 2.24) is 0 Å². The molecule has 0 aromatic heterocycles. The second-order valence-corrected chi connectivity index (χ2v) is 8.75. The quantitative estimate of drug-likeness (QED) is 0.140. The zero-order valence-electron chi connectivity index (χ0n) is 22.2. The molecule has 9 nitrogen and oxygen atoms in total. The highest BCUT2D eigenvalue weighted by molar-refractivity contribution is 5.93. The summed E-state index contributed by atoms with van der Waals surface area (Å²) in [4.78, 5) is 47.6. The van der Waals surface area contributed by atoms with Crippen LogP contribution < -0.4 is 5.32 Å². The molecule has 206 valence electrons. The van der Waals surface area contributed by atoms with Crippen molar-refractivity contribution in [2.45, 2.75) is 58.3 Å². The fourth-order valence-corrected chi connectivity index (χ4v) is 3.54. The summed E-state index contributed by atoms with van der Waals surface area (Å²) in [7, 11) is 1.52. The third kappa shape index (κ3) is 13.0. The van der Waals surface area contributed by atoms with Crippen molar-refractivity contribution in [3.05, 3.63) is 65.2 Å². The smallest absolute Gasteiger partial charge is 0.419 e. The number of anilines is 1. The van der Waals surface area contributed by atoms with Crippen molar-refractivity contribution in [1.29, 1.82) is 0 Å². The number of unbranched alkanes of at least 4 members (excludes halogenated alkanes) is 2. The first-order chi connectivity index (χ1) is 18.4. The number of carbonyl (C=O) groups excluding carboxylic acids is 4. The van der Waals surface area contributed by atoms with Gasteiger partial charge in [0.25, 0.3) is 0 Å². The van der Waals surface area contributed by atoms with Crippen LogP contribution in [-0.4, -0.2) is 50.9 Å². The van der Waals surface area contributed by atoms with Crippen molar-refractivity contribution in [3.8, 4) is 0 Å². The number of benzene rings is 2. The van der Waals surface area contributed by atoms with E-state index < -0.39 is 12.1 Å². The predicted octanol–water partition coefficient (Wildman–Crippen LogP) is 4.99. The van der Waals surface area contributed by atoms with Gasteiger partial charge in [-0.15, -0.1) is 0 Å². The van der Waals surface area contributed by atoms with E-state index in [1.165, 1.54) is 7.11 Å². The van der Waals surface area contributed by atoms with E-state index in [0.29, 0.717) is 38.2 Å². The lowest BCUT2D eigenvalue weighted by Gasteiger charge is -2.09. The molecule has 0 heterocycles. The van der Waals surface area contributed by atoms with E-state index in [4.69, 9.17) is 18.9 Å². The number of carbonyl (C=O) groups is 4. The Balaban J connectivity index is 1.77. The monoisotopic (exact) mass is 527 g/mol. The fraction of sp³-hybridized carbons (Fsp3) is 0.448. The van der Waals surface area contributed by atoms with Crippen LogP contribution in [-0.2, 0) is 46.2 Å². The standard InChI is InChI=1S/C29H37NO8/c1-3-4-15-36-28(33)21-24-10-7-9-22(19-24)18-23-11-8-12-25(20-23)30-29(34)38-27(32)14-6-5-13-26(31)37-17-16-35-2/h7-12,19-20H,3-6,13-18,21H2,1-2H3,(H,30,34). The Morgan fingerprint density at radius 3 is 2.13 bits per heavy atom. The second kappa shape index (κ2) is 17.7. The van der Waals surface area contributed by atoms with E-state index in [1.807, 2.05) is 37.3 Å². The van der Waals surface area contributed by atoms with Gasteiger partial charge in [-0.2, -0.15) is 0 Å². The van der Waals surface area contributed by atoms with Gasteiger partial charge in [0.1, 0.15) is 6.61 Å². The maximum atomic E-state index is 12.1. The number of ether oxygens (including phenoxy) is 4. The number of methoxy groups -OCH3 is 1. The van der Waals surface area contributed by atoms with Crippen LogP contribution in [0.3, 0.4) is 0 Å². The third-order valence-electron chi connectivity index (χ3n) is 5.45. The minimum atomic E-state index is -0.866. The van der Waals surface area contributed by atoms with E-state index in [0.717, 1.165) is 29.5 Å². The number of esters is 3. The molecule has 2 rings (SSSR count).